The molecule has 1 aromatic carbocycles. The number of nitrogens with one attached hydrogen (secondary N) is 1. The number of carbonyl (C=O) groups excluding carboxylic acids is 1. The topological polar surface area (TPSA) is 63.2 Å². The molecule has 6 heteroatoms. The SMILES string of the molecule is C[C@@H](C(=O)NS(=O)(=O)c1ccsc1)c1ccccc1. The molecule has 1 amide bonds. The fraction of sp³-hybridized carbons (Fsp3) is 0.154. The van der Waals surface area contributed by atoms with Crippen molar-refractivity contribution in [3.8, 4) is 0 Å². The van der Waals surface area contributed by atoms with Gasteiger partial charge in [-0.2, -0.15) is 11.3 Å². The average molecular weight is 295 g/mol. The van der Waals surface area contributed by atoms with Crippen LogP contribution >= 0.6 is 11.3 Å². The van der Waals surface area contributed by atoms with Crippen LogP contribution in [0.15, 0.2) is 52.1 Å². The molecule has 0 fully saturated rings. The van der Waals surface area contributed by atoms with E-state index in [0.29, 0.717) is 0 Å². The number of amides is 1. The lowest BCUT2D eigenvalue weighted by molar-refractivity contribution is -0.120. The molecule has 0 unspecified atom stereocenters. The summed E-state index contributed by atoms with van der Waals surface area (Å²) in [6.07, 6.45) is 0. The van der Waals surface area contributed by atoms with Gasteiger partial charge in [-0.25, -0.2) is 13.1 Å². The van der Waals surface area contributed by atoms with E-state index in [1.807, 2.05) is 18.2 Å². The molecule has 0 bridgehead atoms. The summed E-state index contributed by atoms with van der Waals surface area (Å²) >= 11 is 1.27. The Labute approximate surface area is 116 Å². The highest BCUT2D eigenvalue weighted by Gasteiger charge is 2.22. The first-order valence-electron chi connectivity index (χ1n) is 5.64. The number of carbonyl (C=O) groups is 1. The van der Waals surface area contributed by atoms with Gasteiger partial charge in [-0.15, -0.1) is 0 Å². The Balaban J connectivity index is 2.14. The number of benzene rings is 1. The highest BCUT2D eigenvalue weighted by atomic mass is 32.2. The van der Waals surface area contributed by atoms with Crippen LogP contribution in [0.4, 0.5) is 0 Å². The molecule has 1 N–H and O–H groups in total. The second kappa shape index (κ2) is 5.54. The van der Waals surface area contributed by atoms with Crippen LogP contribution in [0.1, 0.15) is 18.4 Å². The van der Waals surface area contributed by atoms with Crippen molar-refractivity contribution in [3.63, 3.8) is 0 Å². The van der Waals surface area contributed by atoms with Crippen LogP contribution in [0, 0.1) is 0 Å². The third-order valence-electron chi connectivity index (χ3n) is 2.73. The standard InChI is InChI=1S/C13H13NO3S2/c1-10(11-5-3-2-4-6-11)13(15)14-19(16,17)12-7-8-18-9-12/h2-10H,1H3,(H,14,15)/t10-/m1/s1. The fourth-order valence-corrected chi connectivity index (χ4v) is 3.66. The highest BCUT2D eigenvalue weighted by Crippen LogP contribution is 2.17. The minimum atomic E-state index is -3.76. The number of hydrogen-bond acceptors (Lipinski definition) is 4. The normalized spacial score (nSPS) is 12.9. The summed E-state index contributed by atoms with van der Waals surface area (Å²) in [7, 11) is -3.76. The van der Waals surface area contributed by atoms with E-state index in [0.717, 1.165) is 5.56 Å². The van der Waals surface area contributed by atoms with Crippen molar-refractivity contribution in [1.29, 1.82) is 0 Å². The van der Waals surface area contributed by atoms with Crippen molar-refractivity contribution in [1.82, 2.24) is 4.72 Å². The summed E-state index contributed by atoms with van der Waals surface area (Å²) in [5.74, 6) is -1.05. The maximum atomic E-state index is 12.0. The maximum Gasteiger partial charge on any atom is 0.264 e. The Morgan fingerprint density at radius 2 is 1.89 bits per heavy atom. The minimum absolute atomic E-state index is 0.117. The Hall–Kier alpha value is -1.66. The molecule has 0 spiro atoms. The van der Waals surface area contributed by atoms with Crippen molar-refractivity contribution in [2.45, 2.75) is 17.7 Å². The van der Waals surface area contributed by atoms with Crippen LogP contribution in [0.3, 0.4) is 0 Å². The van der Waals surface area contributed by atoms with Gasteiger partial charge in [0.2, 0.25) is 5.91 Å². The quantitative estimate of drug-likeness (QED) is 0.941. The van der Waals surface area contributed by atoms with E-state index in [4.69, 9.17) is 0 Å². The van der Waals surface area contributed by atoms with Gasteiger partial charge < -0.3 is 0 Å². The van der Waals surface area contributed by atoms with E-state index in [9.17, 15) is 13.2 Å². The van der Waals surface area contributed by atoms with E-state index < -0.39 is 21.8 Å². The summed E-state index contributed by atoms with van der Waals surface area (Å²) in [4.78, 5) is 12.1. The Morgan fingerprint density at radius 3 is 2.47 bits per heavy atom. The summed E-state index contributed by atoms with van der Waals surface area (Å²) in [5, 5.41) is 3.14. The van der Waals surface area contributed by atoms with Gasteiger partial charge in [0.15, 0.2) is 0 Å². The fourth-order valence-electron chi connectivity index (χ4n) is 1.58. The summed E-state index contributed by atoms with van der Waals surface area (Å²) < 4.78 is 25.9. The first kappa shape index (κ1) is 13.8. The van der Waals surface area contributed by atoms with Gasteiger partial charge in [-0.3, -0.25) is 4.79 Å². The zero-order valence-corrected chi connectivity index (χ0v) is 11.9. The Morgan fingerprint density at radius 1 is 1.21 bits per heavy atom. The van der Waals surface area contributed by atoms with Crippen LogP contribution < -0.4 is 4.72 Å². The lowest BCUT2D eigenvalue weighted by Crippen LogP contribution is -2.33. The predicted molar refractivity (Wildman–Crippen MR) is 74.5 cm³/mol. The summed E-state index contributed by atoms with van der Waals surface area (Å²) in [5.41, 5.74) is 0.778. The first-order chi connectivity index (χ1) is 9.00. The molecule has 0 aliphatic carbocycles. The van der Waals surface area contributed by atoms with Gasteiger partial charge in [0, 0.05) is 5.38 Å². The molecule has 1 aromatic heterocycles. The second-order valence-electron chi connectivity index (χ2n) is 4.06. The highest BCUT2D eigenvalue weighted by molar-refractivity contribution is 7.90. The monoisotopic (exact) mass is 295 g/mol. The van der Waals surface area contributed by atoms with Crippen LogP contribution in [-0.4, -0.2) is 14.3 Å². The molecular formula is C13H13NO3S2. The molecule has 0 aliphatic heterocycles. The molecule has 0 radical (unpaired) electrons. The van der Waals surface area contributed by atoms with Gasteiger partial charge in [0.1, 0.15) is 0 Å². The van der Waals surface area contributed by atoms with Crippen molar-refractivity contribution < 1.29 is 13.2 Å². The van der Waals surface area contributed by atoms with E-state index in [-0.39, 0.29) is 4.90 Å². The van der Waals surface area contributed by atoms with Gasteiger partial charge in [0.25, 0.3) is 10.0 Å². The van der Waals surface area contributed by atoms with Gasteiger partial charge in [-0.05, 0) is 23.9 Å². The second-order valence-corrected chi connectivity index (χ2v) is 6.52. The summed E-state index contributed by atoms with van der Waals surface area (Å²) in [6, 6.07) is 10.5. The van der Waals surface area contributed by atoms with Crippen LogP contribution in [0.5, 0.6) is 0 Å². The van der Waals surface area contributed by atoms with Crippen molar-refractivity contribution in [2.24, 2.45) is 0 Å². The van der Waals surface area contributed by atoms with E-state index in [1.54, 1.807) is 24.4 Å². The lowest BCUT2D eigenvalue weighted by atomic mass is 10.0. The van der Waals surface area contributed by atoms with Crippen molar-refractivity contribution in [3.05, 3.63) is 52.7 Å². The maximum absolute atomic E-state index is 12.0. The number of hydrogen-bond donors (Lipinski definition) is 1. The molecule has 1 heterocycles. The molecule has 2 aromatic rings. The third kappa shape index (κ3) is 3.21. The predicted octanol–water partition coefficient (Wildman–Crippen LogP) is 2.36. The molecule has 0 aliphatic rings. The number of rotatable bonds is 4. The smallest absolute Gasteiger partial charge is 0.264 e. The first-order valence-corrected chi connectivity index (χ1v) is 8.07. The van der Waals surface area contributed by atoms with Crippen molar-refractivity contribution in [2.75, 3.05) is 0 Å². The number of sulfonamides is 1. The molecule has 0 saturated carbocycles. The molecule has 1 atom stereocenters. The van der Waals surface area contributed by atoms with Crippen LogP contribution in [0.2, 0.25) is 0 Å². The molecular weight excluding hydrogens is 282 g/mol. The van der Waals surface area contributed by atoms with Crippen LogP contribution in [-0.2, 0) is 14.8 Å². The van der Waals surface area contributed by atoms with Gasteiger partial charge in [0.05, 0.1) is 10.8 Å². The largest absolute Gasteiger partial charge is 0.273 e. The molecule has 19 heavy (non-hydrogen) atoms. The third-order valence-corrected chi connectivity index (χ3v) is 4.91. The average Bonchev–Trinajstić information content (AvgIpc) is 2.93. The van der Waals surface area contributed by atoms with E-state index in [1.165, 1.54) is 22.8 Å². The van der Waals surface area contributed by atoms with Crippen LogP contribution in [0.25, 0.3) is 0 Å². The van der Waals surface area contributed by atoms with E-state index in [2.05, 4.69) is 4.72 Å². The molecule has 2 rings (SSSR count). The minimum Gasteiger partial charge on any atom is -0.273 e. The molecule has 0 saturated heterocycles. The Kier molecular flexibility index (Phi) is 4.01. The van der Waals surface area contributed by atoms with Crippen molar-refractivity contribution >= 4 is 27.3 Å². The zero-order chi connectivity index (χ0) is 13.9. The van der Waals surface area contributed by atoms with E-state index >= 15 is 0 Å². The van der Waals surface area contributed by atoms with Gasteiger partial charge >= 0.3 is 0 Å². The zero-order valence-electron chi connectivity index (χ0n) is 10.2. The molecule has 100 valence electrons. The molecule has 4 nitrogen and oxygen atoms in total. The lowest BCUT2D eigenvalue weighted by Gasteiger charge is -2.12. The number of thiophene rings is 1. The van der Waals surface area contributed by atoms with Gasteiger partial charge in [-0.1, -0.05) is 30.3 Å². The Bertz CT molecular complexity index is 648. The summed E-state index contributed by atoms with van der Waals surface area (Å²) in [6.45, 7) is 1.67.